The Labute approximate surface area is 110 Å². The Morgan fingerprint density at radius 1 is 1.33 bits per heavy atom. The highest BCUT2D eigenvalue weighted by atomic mass is 16.5. The molecule has 1 aromatic heterocycles. The highest BCUT2D eigenvalue weighted by Crippen LogP contribution is 2.04. The van der Waals surface area contributed by atoms with E-state index in [-0.39, 0.29) is 0 Å². The van der Waals surface area contributed by atoms with Gasteiger partial charge in [0.1, 0.15) is 0 Å². The van der Waals surface area contributed by atoms with E-state index in [1.807, 2.05) is 14.1 Å². The third kappa shape index (κ3) is 6.12. The average molecular weight is 254 g/mol. The molecule has 0 aromatic carbocycles. The number of aryl methyl sites for hydroxylation is 1. The lowest BCUT2D eigenvalue weighted by atomic mass is 10.2. The largest absolute Gasteiger partial charge is 0.339 e. The summed E-state index contributed by atoms with van der Waals surface area (Å²) in [6, 6.07) is 0.502. The zero-order chi connectivity index (χ0) is 13.4. The topological polar surface area (TPSA) is 54.2 Å². The second-order valence-corrected chi connectivity index (χ2v) is 5.05. The van der Waals surface area contributed by atoms with E-state index in [4.69, 9.17) is 4.52 Å². The molecule has 0 bridgehead atoms. The fraction of sp³-hybridized carbons (Fsp3) is 0.846. The van der Waals surface area contributed by atoms with E-state index in [1.54, 1.807) is 0 Å². The molecule has 18 heavy (non-hydrogen) atoms. The number of aromatic nitrogens is 2. The molecule has 1 aromatic rings. The van der Waals surface area contributed by atoms with Crippen molar-refractivity contribution in [2.75, 3.05) is 27.2 Å². The van der Waals surface area contributed by atoms with Crippen molar-refractivity contribution in [1.29, 1.82) is 0 Å². The predicted molar refractivity (Wildman–Crippen MR) is 72.6 cm³/mol. The van der Waals surface area contributed by atoms with E-state index < -0.39 is 0 Å². The minimum atomic E-state index is 0.502. The lowest BCUT2D eigenvalue weighted by Crippen LogP contribution is -2.27. The highest BCUT2D eigenvalue weighted by molar-refractivity contribution is 4.88. The van der Waals surface area contributed by atoms with Gasteiger partial charge in [0.15, 0.2) is 5.82 Å². The first-order valence-corrected chi connectivity index (χ1v) is 6.81. The van der Waals surface area contributed by atoms with E-state index in [0.29, 0.717) is 6.04 Å². The summed E-state index contributed by atoms with van der Waals surface area (Å²) in [5.41, 5.74) is 0. The van der Waals surface area contributed by atoms with Gasteiger partial charge in [-0.3, -0.25) is 0 Å². The summed E-state index contributed by atoms with van der Waals surface area (Å²) in [4.78, 5) is 6.52. The SMILES string of the molecule is CCCNC(C)CCc1nc(CCN(C)C)no1. The number of rotatable bonds is 9. The Kier molecular flexibility index (Phi) is 6.90. The molecule has 5 heteroatoms. The van der Waals surface area contributed by atoms with Gasteiger partial charge in [0.05, 0.1) is 0 Å². The monoisotopic (exact) mass is 254 g/mol. The Morgan fingerprint density at radius 2 is 2.11 bits per heavy atom. The van der Waals surface area contributed by atoms with Crippen LogP contribution in [0.1, 0.15) is 38.4 Å². The summed E-state index contributed by atoms with van der Waals surface area (Å²) in [7, 11) is 4.09. The van der Waals surface area contributed by atoms with Crippen LogP contribution in [-0.2, 0) is 12.8 Å². The summed E-state index contributed by atoms with van der Waals surface area (Å²) < 4.78 is 5.24. The van der Waals surface area contributed by atoms with Crippen LogP contribution >= 0.6 is 0 Å². The summed E-state index contributed by atoms with van der Waals surface area (Å²) >= 11 is 0. The van der Waals surface area contributed by atoms with Crippen molar-refractivity contribution in [1.82, 2.24) is 20.4 Å². The summed E-state index contributed by atoms with van der Waals surface area (Å²) in [5, 5.41) is 7.45. The van der Waals surface area contributed by atoms with E-state index >= 15 is 0 Å². The fourth-order valence-electron chi connectivity index (χ4n) is 1.65. The van der Waals surface area contributed by atoms with Gasteiger partial charge >= 0.3 is 0 Å². The summed E-state index contributed by atoms with van der Waals surface area (Å²) in [5.74, 6) is 1.57. The van der Waals surface area contributed by atoms with Gasteiger partial charge in [0.25, 0.3) is 0 Å². The van der Waals surface area contributed by atoms with E-state index in [2.05, 4.69) is 34.2 Å². The second kappa shape index (κ2) is 8.21. The lowest BCUT2D eigenvalue weighted by Gasteiger charge is -2.10. The third-order valence-electron chi connectivity index (χ3n) is 2.83. The predicted octanol–water partition coefficient (Wildman–Crippen LogP) is 1.49. The molecule has 0 fully saturated rings. The smallest absolute Gasteiger partial charge is 0.226 e. The van der Waals surface area contributed by atoms with Crippen molar-refractivity contribution >= 4 is 0 Å². The first kappa shape index (κ1) is 15.1. The lowest BCUT2D eigenvalue weighted by molar-refractivity contribution is 0.357. The van der Waals surface area contributed by atoms with Gasteiger partial charge in [0, 0.05) is 25.4 Å². The number of likely N-dealkylation sites (N-methyl/N-ethyl adjacent to an activating group) is 1. The van der Waals surface area contributed by atoms with E-state index in [9.17, 15) is 0 Å². The third-order valence-corrected chi connectivity index (χ3v) is 2.83. The van der Waals surface area contributed by atoms with Crippen LogP contribution in [0.5, 0.6) is 0 Å². The van der Waals surface area contributed by atoms with Gasteiger partial charge in [-0.2, -0.15) is 4.98 Å². The van der Waals surface area contributed by atoms with Crippen LogP contribution in [0.3, 0.4) is 0 Å². The maximum absolute atomic E-state index is 5.24. The van der Waals surface area contributed by atoms with Gasteiger partial charge in [-0.1, -0.05) is 12.1 Å². The number of nitrogens with zero attached hydrogens (tertiary/aromatic N) is 3. The van der Waals surface area contributed by atoms with Crippen molar-refractivity contribution in [2.24, 2.45) is 0 Å². The van der Waals surface area contributed by atoms with Crippen LogP contribution in [0.4, 0.5) is 0 Å². The molecule has 0 aliphatic heterocycles. The van der Waals surface area contributed by atoms with Gasteiger partial charge in [-0.25, -0.2) is 0 Å². The van der Waals surface area contributed by atoms with Crippen LogP contribution < -0.4 is 5.32 Å². The highest BCUT2D eigenvalue weighted by Gasteiger charge is 2.08. The molecule has 0 spiro atoms. The molecular formula is C13H26N4O. The Hall–Kier alpha value is -0.940. The first-order valence-electron chi connectivity index (χ1n) is 6.81. The van der Waals surface area contributed by atoms with Crippen LogP contribution in [0.15, 0.2) is 4.52 Å². The number of nitrogens with one attached hydrogen (secondary N) is 1. The van der Waals surface area contributed by atoms with E-state index in [1.165, 1.54) is 6.42 Å². The summed E-state index contributed by atoms with van der Waals surface area (Å²) in [6.45, 7) is 6.39. The van der Waals surface area contributed by atoms with Crippen LogP contribution in [-0.4, -0.2) is 48.3 Å². The van der Waals surface area contributed by atoms with Crippen molar-refractivity contribution < 1.29 is 4.52 Å². The quantitative estimate of drug-likeness (QED) is 0.723. The minimum Gasteiger partial charge on any atom is -0.339 e. The molecule has 1 heterocycles. The van der Waals surface area contributed by atoms with Crippen LogP contribution in [0, 0.1) is 0 Å². The second-order valence-electron chi connectivity index (χ2n) is 5.05. The molecular weight excluding hydrogens is 228 g/mol. The molecule has 0 saturated carbocycles. The normalized spacial score (nSPS) is 13.2. The Bertz CT molecular complexity index is 325. The maximum Gasteiger partial charge on any atom is 0.226 e. The fourth-order valence-corrected chi connectivity index (χ4v) is 1.65. The van der Waals surface area contributed by atoms with Crippen LogP contribution in [0.2, 0.25) is 0 Å². The zero-order valence-corrected chi connectivity index (χ0v) is 12.1. The van der Waals surface area contributed by atoms with Gasteiger partial charge < -0.3 is 14.7 Å². The van der Waals surface area contributed by atoms with Crippen molar-refractivity contribution in [3.8, 4) is 0 Å². The molecule has 1 N–H and O–H groups in total. The molecule has 0 saturated heterocycles. The molecule has 0 radical (unpaired) electrons. The number of hydrogen-bond donors (Lipinski definition) is 1. The van der Waals surface area contributed by atoms with Crippen molar-refractivity contribution in [3.63, 3.8) is 0 Å². The standard InChI is InChI=1S/C13H26N4O/c1-5-9-14-11(2)6-7-13-15-12(16-18-13)8-10-17(3)4/h11,14H,5-10H2,1-4H3. The van der Waals surface area contributed by atoms with Crippen LogP contribution in [0.25, 0.3) is 0 Å². The number of hydrogen-bond acceptors (Lipinski definition) is 5. The average Bonchev–Trinajstić information content (AvgIpc) is 2.79. The first-order chi connectivity index (χ1) is 8.61. The van der Waals surface area contributed by atoms with Gasteiger partial charge in [-0.05, 0) is 40.4 Å². The molecule has 0 amide bonds. The minimum absolute atomic E-state index is 0.502. The molecule has 1 rings (SSSR count). The molecule has 104 valence electrons. The molecule has 5 nitrogen and oxygen atoms in total. The van der Waals surface area contributed by atoms with E-state index in [0.717, 1.165) is 44.1 Å². The molecule has 0 aliphatic carbocycles. The molecule has 0 aliphatic rings. The maximum atomic E-state index is 5.24. The Morgan fingerprint density at radius 3 is 2.78 bits per heavy atom. The van der Waals surface area contributed by atoms with Crippen molar-refractivity contribution in [2.45, 2.75) is 45.6 Å². The molecule has 1 atom stereocenters. The Balaban J connectivity index is 2.26. The summed E-state index contributed by atoms with van der Waals surface area (Å²) in [6.07, 6.45) is 3.90. The van der Waals surface area contributed by atoms with Crippen molar-refractivity contribution in [3.05, 3.63) is 11.7 Å². The zero-order valence-electron chi connectivity index (χ0n) is 12.1. The van der Waals surface area contributed by atoms with Gasteiger partial charge in [-0.15, -0.1) is 0 Å². The molecule has 1 unspecified atom stereocenters. The van der Waals surface area contributed by atoms with Gasteiger partial charge in [0.2, 0.25) is 5.89 Å².